The third kappa shape index (κ3) is 2.96. The van der Waals surface area contributed by atoms with Crippen molar-refractivity contribution in [3.63, 3.8) is 0 Å². The fourth-order valence-corrected chi connectivity index (χ4v) is 2.80. The zero-order chi connectivity index (χ0) is 14.8. The number of amides is 1. The van der Waals surface area contributed by atoms with Gasteiger partial charge in [-0.15, -0.1) is 0 Å². The van der Waals surface area contributed by atoms with Crippen molar-refractivity contribution in [1.82, 2.24) is 4.90 Å². The number of ether oxygens (including phenoxy) is 2. The largest absolute Gasteiger partial charge is 0.481 e. The van der Waals surface area contributed by atoms with Gasteiger partial charge in [0.1, 0.15) is 5.75 Å². The SMILES string of the molecule is CCN1CCOC(CN2C(=O)COc3cc(N)ccc32)C1. The van der Waals surface area contributed by atoms with Crippen LogP contribution in [0.3, 0.4) is 0 Å². The summed E-state index contributed by atoms with van der Waals surface area (Å²) in [6, 6.07) is 5.38. The lowest BCUT2D eigenvalue weighted by molar-refractivity contribution is -0.122. The minimum absolute atomic E-state index is 0.0335. The first-order valence-corrected chi connectivity index (χ1v) is 7.34. The highest BCUT2D eigenvalue weighted by molar-refractivity contribution is 5.98. The predicted molar refractivity (Wildman–Crippen MR) is 80.6 cm³/mol. The van der Waals surface area contributed by atoms with Gasteiger partial charge in [-0.3, -0.25) is 9.69 Å². The highest BCUT2D eigenvalue weighted by Gasteiger charge is 2.30. The van der Waals surface area contributed by atoms with Crippen molar-refractivity contribution in [3.05, 3.63) is 18.2 Å². The molecule has 3 rings (SSSR count). The fourth-order valence-electron chi connectivity index (χ4n) is 2.80. The molecule has 0 bridgehead atoms. The lowest BCUT2D eigenvalue weighted by Crippen LogP contribution is -2.50. The van der Waals surface area contributed by atoms with E-state index < -0.39 is 0 Å². The first-order valence-electron chi connectivity index (χ1n) is 7.34. The number of carbonyl (C=O) groups is 1. The Morgan fingerprint density at radius 3 is 3.10 bits per heavy atom. The Morgan fingerprint density at radius 1 is 1.43 bits per heavy atom. The highest BCUT2D eigenvalue weighted by atomic mass is 16.5. The molecular weight excluding hydrogens is 270 g/mol. The summed E-state index contributed by atoms with van der Waals surface area (Å²) >= 11 is 0. The second kappa shape index (κ2) is 5.91. The van der Waals surface area contributed by atoms with E-state index in [1.165, 1.54) is 0 Å². The van der Waals surface area contributed by atoms with Crippen molar-refractivity contribution in [2.75, 3.05) is 50.0 Å². The molecule has 1 fully saturated rings. The van der Waals surface area contributed by atoms with E-state index in [1.54, 1.807) is 17.0 Å². The van der Waals surface area contributed by atoms with Gasteiger partial charge in [0.25, 0.3) is 5.91 Å². The molecule has 6 heteroatoms. The smallest absolute Gasteiger partial charge is 0.265 e. The number of anilines is 2. The van der Waals surface area contributed by atoms with E-state index in [0.717, 1.165) is 25.3 Å². The van der Waals surface area contributed by atoms with Crippen LogP contribution in [0.25, 0.3) is 0 Å². The summed E-state index contributed by atoms with van der Waals surface area (Å²) in [5.41, 5.74) is 7.18. The maximum absolute atomic E-state index is 12.2. The van der Waals surface area contributed by atoms with Crippen molar-refractivity contribution in [2.24, 2.45) is 0 Å². The Kier molecular flexibility index (Phi) is 3.98. The molecule has 2 heterocycles. The number of rotatable bonds is 3. The maximum atomic E-state index is 12.2. The zero-order valence-corrected chi connectivity index (χ0v) is 12.2. The number of likely N-dealkylation sites (N-methyl/N-ethyl adjacent to an activating group) is 1. The van der Waals surface area contributed by atoms with Crippen LogP contribution in [0.4, 0.5) is 11.4 Å². The van der Waals surface area contributed by atoms with Gasteiger partial charge in [-0.25, -0.2) is 0 Å². The van der Waals surface area contributed by atoms with Crippen LogP contribution < -0.4 is 15.4 Å². The number of nitrogens with two attached hydrogens (primary N) is 1. The van der Waals surface area contributed by atoms with Crippen molar-refractivity contribution in [1.29, 1.82) is 0 Å². The Bertz CT molecular complexity index is 535. The molecule has 1 aromatic carbocycles. The van der Waals surface area contributed by atoms with Crippen LogP contribution >= 0.6 is 0 Å². The minimum Gasteiger partial charge on any atom is -0.481 e. The standard InChI is InChI=1S/C15H21N3O3/c1-2-17-5-6-20-12(8-17)9-18-13-4-3-11(16)7-14(13)21-10-15(18)19/h3-4,7,12H,2,5-6,8-10,16H2,1H3. The molecule has 0 saturated carbocycles. The van der Waals surface area contributed by atoms with Crippen LogP contribution in [-0.2, 0) is 9.53 Å². The van der Waals surface area contributed by atoms with Crippen LogP contribution in [0.15, 0.2) is 18.2 Å². The fraction of sp³-hybridized carbons (Fsp3) is 0.533. The van der Waals surface area contributed by atoms with Gasteiger partial charge in [-0.2, -0.15) is 0 Å². The molecule has 6 nitrogen and oxygen atoms in total. The first-order chi connectivity index (χ1) is 10.2. The Hall–Kier alpha value is -1.79. The summed E-state index contributed by atoms with van der Waals surface area (Å²) in [4.78, 5) is 16.3. The number of nitrogen functional groups attached to an aromatic ring is 1. The van der Waals surface area contributed by atoms with Gasteiger partial charge in [0, 0.05) is 24.8 Å². The molecule has 1 unspecified atom stereocenters. The molecule has 114 valence electrons. The summed E-state index contributed by atoms with van der Waals surface area (Å²) in [6.45, 7) is 6.27. The summed E-state index contributed by atoms with van der Waals surface area (Å²) in [6.07, 6.45) is 0.0335. The number of benzene rings is 1. The van der Waals surface area contributed by atoms with Crippen molar-refractivity contribution in [3.8, 4) is 5.75 Å². The van der Waals surface area contributed by atoms with Gasteiger partial charge in [-0.05, 0) is 18.7 Å². The van der Waals surface area contributed by atoms with Gasteiger partial charge in [0.15, 0.2) is 6.61 Å². The van der Waals surface area contributed by atoms with Gasteiger partial charge in [0.2, 0.25) is 0 Å². The molecule has 2 aliphatic rings. The first kappa shape index (κ1) is 14.2. The maximum Gasteiger partial charge on any atom is 0.265 e. The Morgan fingerprint density at radius 2 is 2.29 bits per heavy atom. The second-order valence-corrected chi connectivity index (χ2v) is 5.41. The quantitative estimate of drug-likeness (QED) is 0.831. The van der Waals surface area contributed by atoms with Crippen LogP contribution in [-0.4, -0.2) is 56.3 Å². The number of nitrogens with zero attached hydrogens (tertiary/aromatic N) is 2. The summed E-state index contributed by atoms with van der Waals surface area (Å²) in [7, 11) is 0. The molecule has 1 saturated heterocycles. The molecule has 1 aromatic rings. The van der Waals surface area contributed by atoms with E-state index in [9.17, 15) is 4.79 Å². The van der Waals surface area contributed by atoms with E-state index >= 15 is 0 Å². The van der Waals surface area contributed by atoms with E-state index in [4.69, 9.17) is 15.2 Å². The van der Waals surface area contributed by atoms with E-state index in [0.29, 0.717) is 24.6 Å². The molecule has 2 aliphatic heterocycles. The zero-order valence-electron chi connectivity index (χ0n) is 12.2. The Balaban J connectivity index is 1.77. The third-order valence-corrected chi connectivity index (χ3v) is 3.98. The summed E-state index contributed by atoms with van der Waals surface area (Å²) < 4.78 is 11.3. The minimum atomic E-state index is -0.0375. The monoisotopic (exact) mass is 291 g/mol. The van der Waals surface area contributed by atoms with Crippen molar-refractivity contribution in [2.45, 2.75) is 13.0 Å². The number of carbonyl (C=O) groups excluding carboxylic acids is 1. The van der Waals surface area contributed by atoms with E-state index in [1.807, 2.05) is 6.07 Å². The molecule has 1 atom stereocenters. The predicted octanol–water partition coefficient (Wildman–Crippen LogP) is 0.715. The lowest BCUT2D eigenvalue weighted by atomic mass is 10.1. The van der Waals surface area contributed by atoms with Crippen LogP contribution in [0.1, 0.15) is 6.92 Å². The number of hydrogen-bond acceptors (Lipinski definition) is 5. The molecular formula is C15H21N3O3. The molecule has 0 spiro atoms. The molecule has 0 aliphatic carbocycles. The average molecular weight is 291 g/mol. The number of morpholine rings is 1. The number of fused-ring (bicyclic) bond motifs is 1. The van der Waals surface area contributed by atoms with Gasteiger partial charge in [0.05, 0.1) is 24.9 Å². The van der Waals surface area contributed by atoms with E-state index in [2.05, 4.69) is 11.8 Å². The molecule has 0 aromatic heterocycles. The lowest BCUT2D eigenvalue weighted by Gasteiger charge is -2.37. The third-order valence-electron chi connectivity index (χ3n) is 3.98. The molecule has 21 heavy (non-hydrogen) atoms. The van der Waals surface area contributed by atoms with E-state index in [-0.39, 0.29) is 18.6 Å². The Labute approximate surface area is 124 Å². The van der Waals surface area contributed by atoms with Gasteiger partial charge >= 0.3 is 0 Å². The van der Waals surface area contributed by atoms with Crippen molar-refractivity contribution < 1.29 is 14.3 Å². The number of hydrogen-bond donors (Lipinski definition) is 1. The topological polar surface area (TPSA) is 68.0 Å². The van der Waals surface area contributed by atoms with Crippen molar-refractivity contribution >= 4 is 17.3 Å². The average Bonchev–Trinajstić information content (AvgIpc) is 2.50. The highest BCUT2D eigenvalue weighted by Crippen LogP contribution is 2.34. The summed E-state index contributed by atoms with van der Waals surface area (Å²) in [5.74, 6) is 0.627. The van der Waals surface area contributed by atoms with Crippen LogP contribution in [0, 0.1) is 0 Å². The van der Waals surface area contributed by atoms with Crippen LogP contribution in [0.5, 0.6) is 5.75 Å². The molecule has 0 radical (unpaired) electrons. The van der Waals surface area contributed by atoms with Crippen LogP contribution in [0.2, 0.25) is 0 Å². The van der Waals surface area contributed by atoms with Gasteiger partial charge in [-0.1, -0.05) is 6.92 Å². The normalized spacial score (nSPS) is 22.8. The van der Waals surface area contributed by atoms with Gasteiger partial charge < -0.3 is 20.1 Å². The molecule has 2 N–H and O–H groups in total. The second-order valence-electron chi connectivity index (χ2n) is 5.41. The summed E-state index contributed by atoms with van der Waals surface area (Å²) in [5, 5.41) is 0. The molecule has 1 amide bonds.